The molecule has 2 heterocycles. The monoisotopic (exact) mass is 350 g/mol. The van der Waals surface area contributed by atoms with Gasteiger partial charge in [0.25, 0.3) is 0 Å². The molecule has 1 aromatic carbocycles. The summed E-state index contributed by atoms with van der Waals surface area (Å²) in [5, 5.41) is 0.840. The molecule has 26 heavy (non-hydrogen) atoms. The normalized spacial score (nSPS) is 15.2. The molecule has 0 radical (unpaired) electrons. The Balaban J connectivity index is 1.54. The number of benzene rings is 1. The molecular formula is C21H22N2O3. The Bertz CT molecular complexity index is 1010. The summed E-state index contributed by atoms with van der Waals surface area (Å²) in [6.45, 7) is 5.57. The fourth-order valence-electron chi connectivity index (χ4n) is 3.65. The number of para-hydroxylation sites is 1. The number of carbonyl (C=O) groups excluding carboxylic acids is 2. The minimum atomic E-state index is -0.842. The molecule has 1 saturated carbocycles. The van der Waals surface area contributed by atoms with Gasteiger partial charge in [0, 0.05) is 40.1 Å². The zero-order valence-electron chi connectivity index (χ0n) is 15.2. The second-order valence-electron chi connectivity index (χ2n) is 7.05. The van der Waals surface area contributed by atoms with E-state index in [1.54, 1.807) is 13.1 Å². The van der Waals surface area contributed by atoms with Gasteiger partial charge in [-0.1, -0.05) is 18.2 Å². The van der Waals surface area contributed by atoms with Crippen molar-refractivity contribution in [2.75, 3.05) is 0 Å². The van der Waals surface area contributed by atoms with Gasteiger partial charge in [0.15, 0.2) is 6.10 Å². The first-order valence-corrected chi connectivity index (χ1v) is 8.97. The van der Waals surface area contributed by atoms with Crippen LogP contribution in [0.5, 0.6) is 0 Å². The van der Waals surface area contributed by atoms with Crippen LogP contribution in [0.15, 0.2) is 36.5 Å². The molecular weight excluding hydrogens is 328 g/mol. The van der Waals surface area contributed by atoms with Crippen LogP contribution in [0.3, 0.4) is 0 Å². The molecule has 1 fully saturated rings. The van der Waals surface area contributed by atoms with E-state index in [0.29, 0.717) is 17.2 Å². The first-order valence-electron chi connectivity index (χ1n) is 8.97. The minimum absolute atomic E-state index is 0.202. The van der Waals surface area contributed by atoms with Gasteiger partial charge in [-0.05, 0) is 45.7 Å². The highest BCUT2D eigenvalue weighted by molar-refractivity contribution is 6.10. The number of H-pyrrole nitrogens is 1. The Hall–Kier alpha value is -2.82. The van der Waals surface area contributed by atoms with Gasteiger partial charge in [-0.15, -0.1) is 0 Å². The average Bonchev–Trinajstić information content (AvgIpc) is 3.28. The molecule has 5 heteroatoms. The smallest absolute Gasteiger partial charge is 0.340 e. The number of rotatable bonds is 5. The van der Waals surface area contributed by atoms with Crippen LogP contribution in [-0.2, 0) is 4.74 Å². The number of fused-ring (bicyclic) bond motifs is 1. The van der Waals surface area contributed by atoms with Crippen molar-refractivity contribution < 1.29 is 14.3 Å². The third kappa shape index (κ3) is 2.73. The molecule has 1 unspecified atom stereocenters. The van der Waals surface area contributed by atoms with Crippen LogP contribution in [0.2, 0.25) is 0 Å². The number of ketones is 1. The van der Waals surface area contributed by atoms with Gasteiger partial charge in [0.1, 0.15) is 0 Å². The number of esters is 1. The lowest BCUT2D eigenvalue weighted by Crippen LogP contribution is -2.24. The standard InChI is InChI=1S/C21H22N2O3/c1-12-10-17(13(2)23(12)15-8-9-15)21(25)26-14(3)20(24)18-11-22-19-7-5-4-6-16(18)19/h4-7,10-11,14-15,22H,8-9H2,1-3H3. The maximum absolute atomic E-state index is 12.8. The Kier molecular flexibility index (Phi) is 3.94. The van der Waals surface area contributed by atoms with Crippen LogP contribution in [0, 0.1) is 13.8 Å². The first-order chi connectivity index (χ1) is 12.5. The molecule has 2 aromatic heterocycles. The van der Waals surface area contributed by atoms with E-state index in [-0.39, 0.29) is 5.78 Å². The third-order valence-corrected chi connectivity index (χ3v) is 5.12. The number of hydrogen-bond donors (Lipinski definition) is 1. The number of aromatic amines is 1. The van der Waals surface area contributed by atoms with Crippen LogP contribution >= 0.6 is 0 Å². The van der Waals surface area contributed by atoms with Gasteiger partial charge >= 0.3 is 5.97 Å². The summed E-state index contributed by atoms with van der Waals surface area (Å²) in [6.07, 6.45) is 3.14. The van der Waals surface area contributed by atoms with E-state index in [9.17, 15) is 9.59 Å². The molecule has 0 amide bonds. The van der Waals surface area contributed by atoms with E-state index in [1.165, 1.54) is 0 Å². The summed E-state index contributed by atoms with van der Waals surface area (Å²) in [6, 6.07) is 9.95. The second kappa shape index (κ2) is 6.16. The number of aromatic nitrogens is 2. The number of hydrogen-bond acceptors (Lipinski definition) is 3. The Morgan fingerprint density at radius 3 is 2.65 bits per heavy atom. The van der Waals surface area contributed by atoms with Crippen molar-refractivity contribution in [3.05, 3.63) is 59.0 Å². The van der Waals surface area contributed by atoms with E-state index >= 15 is 0 Å². The van der Waals surface area contributed by atoms with Crippen LogP contribution in [0.4, 0.5) is 0 Å². The average molecular weight is 350 g/mol. The molecule has 4 rings (SSSR count). The molecule has 1 N–H and O–H groups in total. The van der Waals surface area contributed by atoms with Crippen molar-refractivity contribution >= 4 is 22.7 Å². The van der Waals surface area contributed by atoms with Crippen molar-refractivity contribution in [2.45, 2.75) is 45.8 Å². The van der Waals surface area contributed by atoms with Crippen molar-refractivity contribution in [1.29, 1.82) is 0 Å². The summed E-state index contributed by atoms with van der Waals surface area (Å²) in [5.74, 6) is -0.641. The van der Waals surface area contributed by atoms with E-state index in [0.717, 1.165) is 35.1 Å². The lowest BCUT2D eigenvalue weighted by atomic mass is 10.1. The summed E-state index contributed by atoms with van der Waals surface area (Å²) in [4.78, 5) is 28.5. The van der Waals surface area contributed by atoms with E-state index in [1.807, 2.05) is 44.2 Å². The molecule has 5 nitrogen and oxygen atoms in total. The van der Waals surface area contributed by atoms with Gasteiger partial charge in [-0.2, -0.15) is 0 Å². The predicted octanol–water partition coefficient (Wildman–Crippen LogP) is 4.35. The largest absolute Gasteiger partial charge is 0.451 e. The summed E-state index contributed by atoms with van der Waals surface area (Å²) in [7, 11) is 0. The zero-order valence-corrected chi connectivity index (χ0v) is 15.2. The van der Waals surface area contributed by atoms with Gasteiger partial charge in [0.2, 0.25) is 5.78 Å². The van der Waals surface area contributed by atoms with Crippen molar-refractivity contribution in [1.82, 2.24) is 9.55 Å². The number of nitrogens with one attached hydrogen (secondary N) is 1. The molecule has 0 spiro atoms. The first kappa shape index (κ1) is 16.6. The van der Waals surface area contributed by atoms with Crippen molar-refractivity contribution in [2.24, 2.45) is 0 Å². The highest BCUT2D eigenvalue weighted by Crippen LogP contribution is 2.38. The van der Waals surface area contributed by atoms with E-state index < -0.39 is 12.1 Å². The molecule has 1 aliphatic rings. The molecule has 134 valence electrons. The molecule has 0 bridgehead atoms. The van der Waals surface area contributed by atoms with Crippen molar-refractivity contribution in [3.63, 3.8) is 0 Å². The topological polar surface area (TPSA) is 64.1 Å². The van der Waals surface area contributed by atoms with Gasteiger partial charge in [-0.3, -0.25) is 4.79 Å². The fraction of sp³-hybridized carbons (Fsp3) is 0.333. The number of nitrogens with zero attached hydrogens (tertiary/aromatic N) is 1. The van der Waals surface area contributed by atoms with Gasteiger partial charge < -0.3 is 14.3 Å². The molecule has 0 aliphatic heterocycles. The highest BCUT2D eigenvalue weighted by atomic mass is 16.5. The number of carbonyl (C=O) groups is 2. The Morgan fingerprint density at radius 1 is 1.19 bits per heavy atom. The van der Waals surface area contributed by atoms with Crippen molar-refractivity contribution in [3.8, 4) is 0 Å². The lowest BCUT2D eigenvalue weighted by Gasteiger charge is -2.12. The zero-order chi connectivity index (χ0) is 18.4. The Labute approximate surface area is 152 Å². The highest BCUT2D eigenvalue weighted by Gasteiger charge is 2.30. The number of Topliss-reactive ketones (excluding diaryl/α,β-unsaturated/α-hetero) is 1. The Morgan fingerprint density at radius 2 is 1.92 bits per heavy atom. The number of aryl methyl sites for hydroxylation is 1. The molecule has 1 aliphatic carbocycles. The maximum Gasteiger partial charge on any atom is 0.340 e. The minimum Gasteiger partial charge on any atom is -0.451 e. The lowest BCUT2D eigenvalue weighted by molar-refractivity contribution is 0.0318. The van der Waals surface area contributed by atoms with Crippen LogP contribution in [0.1, 0.15) is 57.9 Å². The fourth-order valence-corrected chi connectivity index (χ4v) is 3.65. The third-order valence-electron chi connectivity index (χ3n) is 5.12. The van der Waals surface area contributed by atoms with Crippen LogP contribution in [-0.4, -0.2) is 27.4 Å². The summed E-state index contributed by atoms with van der Waals surface area (Å²) in [5.41, 5.74) is 3.97. The van der Waals surface area contributed by atoms with Gasteiger partial charge in [-0.25, -0.2) is 4.79 Å². The quantitative estimate of drug-likeness (QED) is 0.549. The summed E-state index contributed by atoms with van der Waals surface area (Å²) < 4.78 is 7.70. The van der Waals surface area contributed by atoms with E-state index in [4.69, 9.17) is 4.74 Å². The predicted molar refractivity (Wildman–Crippen MR) is 99.7 cm³/mol. The molecule has 3 aromatic rings. The molecule has 1 atom stereocenters. The second-order valence-corrected chi connectivity index (χ2v) is 7.05. The van der Waals surface area contributed by atoms with Gasteiger partial charge in [0.05, 0.1) is 5.56 Å². The summed E-state index contributed by atoms with van der Waals surface area (Å²) >= 11 is 0. The SMILES string of the molecule is Cc1cc(C(=O)OC(C)C(=O)c2c[nH]c3ccccc23)c(C)n1C1CC1. The maximum atomic E-state index is 12.8. The van der Waals surface area contributed by atoms with E-state index in [2.05, 4.69) is 9.55 Å². The number of ether oxygens (including phenoxy) is 1. The van der Waals surface area contributed by atoms with Crippen LogP contribution < -0.4 is 0 Å². The van der Waals surface area contributed by atoms with Crippen LogP contribution in [0.25, 0.3) is 10.9 Å². The molecule has 0 saturated heterocycles.